The van der Waals surface area contributed by atoms with Crippen molar-refractivity contribution >= 4 is 15.8 Å². The van der Waals surface area contributed by atoms with Crippen LogP contribution in [-0.4, -0.2) is 54.9 Å². The van der Waals surface area contributed by atoms with Crippen LogP contribution in [0, 0.1) is 5.41 Å². The van der Waals surface area contributed by atoms with Gasteiger partial charge in [0.15, 0.2) is 9.84 Å². The number of aliphatic carboxylic acids is 1. The van der Waals surface area contributed by atoms with E-state index in [4.69, 9.17) is 4.74 Å². The number of aliphatic hydroxyl groups is 1. The van der Waals surface area contributed by atoms with Gasteiger partial charge in [0, 0.05) is 6.61 Å². The van der Waals surface area contributed by atoms with Gasteiger partial charge in [-0.1, -0.05) is 0 Å². The van der Waals surface area contributed by atoms with E-state index in [-0.39, 0.29) is 31.8 Å². The maximum Gasteiger partial charge on any atom is 0.315 e. The molecule has 92 valence electrons. The number of carboxylic acid groups (broad SMARTS) is 1. The van der Waals surface area contributed by atoms with Crippen LogP contribution < -0.4 is 0 Å². The maximum absolute atomic E-state index is 11.4. The van der Waals surface area contributed by atoms with Crippen molar-refractivity contribution in [1.82, 2.24) is 0 Å². The highest BCUT2D eigenvalue weighted by molar-refractivity contribution is 7.91. The zero-order valence-corrected chi connectivity index (χ0v) is 9.49. The van der Waals surface area contributed by atoms with E-state index in [9.17, 15) is 23.4 Å². The fourth-order valence-electron chi connectivity index (χ4n) is 2.51. The fourth-order valence-corrected chi connectivity index (χ4v) is 4.45. The first kappa shape index (κ1) is 11.8. The Balaban J connectivity index is 2.38. The van der Waals surface area contributed by atoms with Crippen molar-refractivity contribution in [3.8, 4) is 0 Å². The first-order chi connectivity index (χ1) is 7.31. The molecule has 2 rings (SSSR count). The van der Waals surface area contributed by atoms with Crippen molar-refractivity contribution < 1.29 is 28.2 Å². The zero-order valence-electron chi connectivity index (χ0n) is 8.68. The number of ether oxygens (including phenoxy) is 1. The third kappa shape index (κ3) is 1.54. The molecule has 2 atom stereocenters. The van der Waals surface area contributed by atoms with Gasteiger partial charge < -0.3 is 14.9 Å². The quantitative estimate of drug-likeness (QED) is 0.653. The van der Waals surface area contributed by atoms with Crippen LogP contribution in [0.1, 0.15) is 12.8 Å². The molecule has 16 heavy (non-hydrogen) atoms. The summed E-state index contributed by atoms with van der Waals surface area (Å²) in [6, 6.07) is 0. The summed E-state index contributed by atoms with van der Waals surface area (Å²) < 4.78 is 27.8. The second-order valence-electron chi connectivity index (χ2n) is 4.56. The molecule has 2 aliphatic rings. The van der Waals surface area contributed by atoms with Gasteiger partial charge in [-0.2, -0.15) is 0 Å². The fraction of sp³-hybridized carbons (Fsp3) is 0.889. The standard InChI is InChI=1S/C9H14O6S/c10-7(11)8(1-3-15-5-8)9(12)2-4-16(13,14)6-9/h12H,1-6H2,(H,10,11). The molecular formula is C9H14O6S. The van der Waals surface area contributed by atoms with E-state index >= 15 is 0 Å². The summed E-state index contributed by atoms with van der Waals surface area (Å²) in [5, 5.41) is 19.5. The first-order valence-electron chi connectivity index (χ1n) is 5.05. The molecule has 7 heteroatoms. The Labute approximate surface area is 93.1 Å². The molecule has 2 saturated heterocycles. The van der Waals surface area contributed by atoms with Crippen molar-refractivity contribution in [2.45, 2.75) is 18.4 Å². The normalized spacial score (nSPS) is 42.3. The van der Waals surface area contributed by atoms with Crippen LogP contribution in [0.15, 0.2) is 0 Å². The Morgan fingerprint density at radius 3 is 2.38 bits per heavy atom. The molecule has 0 amide bonds. The third-order valence-corrected chi connectivity index (χ3v) is 5.35. The number of rotatable bonds is 2. The minimum Gasteiger partial charge on any atom is -0.481 e. The minimum absolute atomic E-state index is 0.0228. The van der Waals surface area contributed by atoms with Gasteiger partial charge in [0.25, 0.3) is 0 Å². The van der Waals surface area contributed by atoms with Crippen LogP contribution in [-0.2, 0) is 19.4 Å². The Morgan fingerprint density at radius 2 is 2.00 bits per heavy atom. The number of hydrogen-bond donors (Lipinski definition) is 2. The average molecular weight is 250 g/mol. The van der Waals surface area contributed by atoms with E-state index in [2.05, 4.69) is 0 Å². The molecule has 2 aliphatic heterocycles. The van der Waals surface area contributed by atoms with Crippen LogP contribution in [0.25, 0.3) is 0 Å². The predicted octanol–water partition coefficient (Wildman–Crippen LogP) is -0.973. The van der Waals surface area contributed by atoms with Crippen molar-refractivity contribution in [2.24, 2.45) is 5.41 Å². The van der Waals surface area contributed by atoms with E-state index in [0.717, 1.165) is 0 Å². The van der Waals surface area contributed by atoms with Gasteiger partial charge in [0.2, 0.25) is 0 Å². The molecule has 2 N–H and O–H groups in total. The highest BCUT2D eigenvalue weighted by atomic mass is 32.2. The van der Waals surface area contributed by atoms with E-state index < -0.39 is 32.6 Å². The molecule has 2 heterocycles. The minimum atomic E-state index is -3.33. The van der Waals surface area contributed by atoms with Crippen LogP contribution in [0.3, 0.4) is 0 Å². The molecule has 2 unspecified atom stereocenters. The number of carboxylic acids is 1. The van der Waals surface area contributed by atoms with Gasteiger partial charge in [-0.25, -0.2) is 8.42 Å². The molecule has 6 nitrogen and oxygen atoms in total. The average Bonchev–Trinajstić information content (AvgIpc) is 2.72. The van der Waals surface area contributed by atoms with Gasteiger partial charge in [-0.05, 0) is 12.8 Å². The second kappa shape index (κ2) is 3.41. The van der Waals surface area contributed by atoms with Crippen molar-refractivity contribution in [2.75, 3.05) is 24.7 Å². The lowest BCUT2D eigenvalue weighted by Gasteiger charge is -2.36. The SMILES string of the molecule is O=C(O)C1(C2(O)CCS(=O)(=O)C2)CCOC1. The molecule has 2 fully saturated rings. The van der Waals surface area contributed by atoms with Gasteiger partial charge >= 0.3 is 5.97 Å². The molecule has 0 aliphatic carbocycles. The van der Waals surface area contributed by atoms with E-state index in [1.54, 1.807) is 0 Å². The van der Waals surface area contributed by atoms with Gasteiger partial charge in [0.05, 0.1) is 23.7 Å². The smallest absolute Gasteiger partial charge is 0.315 e. The van der Waals surface area contributed by atoms with E-state index in [0.29, 0.717) is 0 Å². The Bertz CT molecular complexity index is 408. The Morgan fingerprint density at radius 1 is 1.31 bits per heavy atom. The molecule has 0 spiro atoms. The summed E-state index contributed by atoms with van der Waals surface area (Å²) in [5.74, 6) is -1.81. The number of hydrogen-bond acceptors (Lipinski definition) is 5. The Hall–Kier alpha value is -0.660. The lowest BCUT2D eigenvalue weighted by atomic mass is 9.71. The van der Waals surface area contributed by atoms with Crippen LogP contribution in [0.5, 0.6) is 0 Å². The zero-order chi connectivity index (χ0) is 12.0. The molecular weight excluding hydrogens is 236 g/mol. The third-order valence-electron chi connectivity index (χ3n) is 3.61. The summed E-state index contributed by atoms with van der Waals surface area (Å²) in [5.41, 5.74) is -3.15. The monoisotopic (exact) mass is 250 g/mol. The summed E-state index contributed by atoms with van der Waals surface area (Å²) in [4.78, 5) is 11.3. The maximum atomic E-state index is 11.4. The lowest BCUT2D eigenvalue weighted by molar-refractivity contribution is -0.166. The van der Waals surface area contributed by atoms with Gasteiger partial charge in [0.1, 0.15) is 5.41 Å². The highest BCUT2D eigenvalue weighted by Crippen LogP contribution is 2.45. The first-order valence-corrected chi connectivity index (χ1v) is 6.87. The molecule has 0 aromatic heterocycles. The Kier molecular flexibility index (Phi) is 2.52. The summed E-state index contributed by atoms with van der Waals surface area (Å²) in [6.07, 6.45) is 0.138. The van der Waals surface area contributed by atoms with Gasteiger partial charge in [-0.15, -0.1) is 0 Å². The summed E-state index contributed by atoms with van der Waals surface area (Å²) in [6.45, 7) is 0.128. The summed E-state index contributed by atoms with van der Waals surface area (Å²) >= 11 is 0. The van der Waals surface area contributed by atoms with E-state index in [1.165, 1.54) is 0 Å². The van der Waals surface area contributed by atoms with Crippen LogP contribution in [0.2, 0.25) is 0 Å². The van der Waals surface area contributed by atoms with Crippen LogP contribution >= 0.6 is 0 Å². The molecule has 0 saturated carbocycles. The predicted molar refractivity (Wildman–Crippen MR) is 53.7 cm³/mol. The topological polar surface area (TPSA) is 101 Å². The molecule has 0 radical (unpaired) electrons. The lowest BCUT2D eigenvalue weighted by Crippen LogP contribution is -2.54. The molecule has 0 aromatic rings. The van der Waals surface area contributed by atoms with Crippen LogP contribution in [0.4, 0.5) is 0 Å². The molecule has 0 bridgehead atoms. The van der Waals surface area contributed by atoms with Crippen molar-refractivity contribution in [3.63, 3.8) is 0 Å². The van der Waals surface area contributed by atoms with Gasteiger partial charge in [-0.3, -0.25) is 4.79 Å². The number of carbonyl (C=O) groups is 1. The van der Waals surface area contributed by atoms with Crippen molar-refractivity contribution in [1.29, 1.82) is 0 Å². The molecule has 0 aromatic carbocycles. The number of sulfone groups is 1. The second-order valence-corrected chi connectivity index (χ2v) is 6.75. The summed E-state index contributed by atoms with van der Waals surface area (Å²) in [7, 11) is -3.33. The van der Waals surface area contributed by atoms with Crippen molar-refractivity contribution in [3.05, 3.63) is 0 Å². The van der Waals surface area contributed by atoms with E-state index in [1.807, 2.05) is 0 Å². The largest absolute Gasteiger partial charge is 0.481 e. The highest BCUT2D eigenvalue weighted by Gasteiger charge is 2.62.